The van der Waals surface area contributed by atoms with Gasteiger partial charge in [-0.3, -0.25) is 9.36 Å². The molecule has 1 fully saturated rings. The molecule has 9 heteroatoms. The van der Waals surface area contributed by atoms with Crippen molar-refractivity contribution in [2.75, 3.05) is 23.7 Å². The van der Waals surface area contributed by atoms with Crippen LogP contribution in [0.1, 0.15) is 44.2 Å². The van der Waals surface area contributed by atoms with Gasteiger partial charge in [0, 0.05) is 50.6 Å². The first-order valence-corrected chi connectivity index (χ1v) is 13.7. The SMILES string of the molecule is CCCc1cnc(N2CCC(Oc3ccn(-c4ccc(S(=O)(=O)CC)cc4C)c(=O)c3)CC2)nc1. The number of aryl methyl sites for hydroxylation is 2. The van der Waals surface area contributed by atoms with Crippen molar-refractivity contribution in [3.8, 4) is 11.4 Å². The number of aromatic nitrogens is 3. The molecule has 1 aromatic carbocycles. The van der Waals surface area contributed by atoms with Gasteiger partial charge in [-0.2, -0.15) is 0 Å². The number of hydrogen-bond acceptors (Lipinski definition) is 7. The Hall–Kier alpha value is -3.20. The zero-order valence-electron chi connectivity index (χ0n) is 20.5. The van der Waals surface area contributed by atoms with E-state index in [0.29, 0.717) is 17.0 Å². The standard InChI is InChI=1S/C26H32N4O4S/c1-4-6-20-17-27-26(28-18-20)29-12-9-21(10-13-29)34-22-11-14-30(25(31)16-22)24-8-7-23(15-19(24)3)35(32,33)5-2/h7-8,11,14-18,21H,4-6,9-10,12-13H2,1-3H3. The summed E-state index contributed by atoms with van der Waals surface area (Å²) in [6.07, 6.45) is 9.19. The molecule has 35 heavy (non-hydrogen) atoms. The highest BCUT2D eigenvalue weighted by molar-refractivity contribution is 7.91. The summed E-state index contributed by atoms with van der Waals surface area (Å²) in [6, 6.07) is 8.09. The molecule has 1 saturated heterocycles. The van der Waals surface area contributed by atoms with Crippen LogP contribution in [0.4, 0.5) is 5.95 Å². The molecule has 0 atom stereocenters. The third-order valence-electron chi connectivity index (χ3n) is 6.32. The zero-order valence-corrected chi connectivity index (χ0v) is 21.3. The van der Waals surface area contributed by atoms with E-state index in [1.54, 1.807) is 44.3 Å². The van der Waals surface area contributed by atoms with Gasteiger partial charge in [-0.1, -0.05) is 20.3 Å². The lowest BCUT2D eigenvalue weighted by molar-refractivity contribution is 0.170. The van der Waals surface area contributed by atoms with E-state index in [4.69, 9.17) is 4.74 Å². The quantitative estimate of drug-likeness (QED) is 0.469. The van der Waals surface area contributed by atoms with Crippen LogP contribution >= 0.6 is 0 Å². The van der Waals surface area contributed by atoms with Gasteiger partial charge in [0.1, 0.15) is 11.9 Å². The van der Waals surface area contributed by atoms with E-state index in [0.717, 1.165) is 50.3 Å². The van der Waals surface area contributed by atoms with E-state index in [-0.39, 0.29) is 22.3 Å². The summed E-state index contributed by atoms with van der Waals surface area (Å²) in [5.41, 5.74) is 2.29. The third kappa shape index (κ3) is 5.73. The van der Waals surface area contributed by atoms with Crippen molar-refractivity contribution in [1.82, 2.24) is 14.5 Å². The van der Waals surface area contributed by atoms with Crippen LogP contribution in [-0.2, 0) is 16.3 Å². The van der Waals surface area contributed by atoms with Crippen molar-refractivity contribution < 1.29 is 13.2 Å². The van der Waals surface area contributed by atoms with Crippen molar-refractivity contribution >= 4 is 15.8 Å². The first-order valence-electron chi connectivity index (χ1n) is 12.1. The summed E-state index contributed by atoms with van der Waals surface area (Å²) in [7, 11) is -3.30. The maximum Gasteiger partial charge on any atom is 0.258 e. The van der Waals surface area contributed by atoms with E-state index >= 15 is 0 Å². The lowest BCUT2D eigenvalue weighted by Crippen LogP contribution is -2.39. The van der Waals surface area contributed by atoms with Gasteiger partial charge in [-0.05, 0) is 48.7 Å². The Morgan fingerprint density at radius 3 is 2.37 bits per heavy atom. The van der Waals surface area contributed by atoms with Gasteiger partial charge >= 0.3 is 0 Å². The number of anilines is 1. The molecule has 0 aliphatic carbocycles. The number of hydrogen-bond donors (Lipinski definition) is 0. The summed E-state index contributed by atoms with van der Waals surface area (Å²) >= 11 is 0. The summed E-state index contributed by atoms with van der Waals surface area (Å²) in [6.45, 7) is 7.14. The number of sulfone groups is 1. The smallest absolute Gasteiger partial charge is 0.258 e. The highest BCUT2D eigenvalue weighted by Crippen LogP contribution is 2.22. The molecule has 0 N–H and O–H groups in total. The predicted molar refractivity (Wildman–Crippen MR) is 136 cm³/mol. The maximum atomic E-state index is 12.8. The van der Waals surface area contributed by atoms with E-state index < -0.39 is 9.84 Å². The fraction of sp³-hybridized carbons (Fsp3) is 0.423. The van der Waals surface area contributed by atoms with Crippen LogP contribution < -0.4 is 15.2 Å². The first kappa shape index (κ1) is 24.9. The Balaban J connectivity index is 1.40. The molecule has 0 spiro atoms. The second-order valence-electron chi connectivity index (χ2n) is 8.87. The lowest BCUT2D eigenvalue weighted by Gasteiger charge is -2.32. The highest BCUT2D eigenvalue weighted by Gasteiger charge is 2.22. The van der Waals surface area contributed by atoms with E-state index in [1.807, 2.05) is 12.4 Å². The topological polar surface area (TPSA) is 94.4 Å². The van der Waals surface area contributed by atoms with Gasteiger partial charge in [0.2, 0.25) is 5.95 Å². The van der Waals surface area contributed by atoms with Crippen LogP contribution in [0, 0.1) is 6.92 Å². The third-order valence-corrected chi connectivity index (χ3v) is 8.05. The average molecular weight is 497 g/mol. The summed E-state index contributed by atoms with van der Waals surface area (Å²) in [5.74, 6) is 1.32. The Bertz CT molecular complexity index is 1330. The average Bonchev–Trinajstić information content (AvgIpc) is 2.86. The van der Waals surface area contributed by atoms with Crippen molar-refractivity contribution in [3.05, 3.63) is 70.4 Å². The zero-order chi connectivity index (χ0) is 25.0. The van der Waals surface area contributed by atoms with Gasteiger partial charge in [0.25, 0.3) is 5.56 Å². The molecule has 0 bridgehead atoms. The molecule has 0 unspecified atom stereocenters. The number of piperidine rings is 1. The van der Waals surface area contributed by atoms with Crippen molar-refractivity contribution in [2.45, 2.75) is 57.5 Å². The summed E-state index contributed by atoms with van der Waals surface area (Å²) in [4.78, 5) is 24.3. The van der Waals surface area contributed by atoms with Gasteiger partial charge in [0.05, 0.1) is 16.3 Å². The fourth-order valence-electron chi connectivity index (χ4n) is 4.29. The predicted octanol–water partition coefficient (Wildman–Crippen LogP) is 3.73. The molecule has 0 saturated carbocycles. The van der Waals surface area contributed by atoms with Crippen LogP contribution in [0.15, 0.2) is 58.6 Å². The minimum Gasteiger partial charge on any atom is -0.490 e. The van der Waals surface area contributed by atoms with Crippen molar-refractivity contribution in [2.24, 2.45) is 0 Å². The Kier molecular flexibility index (Phi) is 7.54. The van der Waals surface area contributed by atoms with Gasteiger partial charge in [0.15, 0.2) is 9.84 Å². The van der Waals surface area contributed by atoms with Crippen LogP contribution in [0.3, 0.4) is 0 Å². The van der Waals surface area contributed by atoms with Crippen LogP contribution in [0.5, 0.6) is 5.75 Å². The largest absolute Gasteiger partial charge is 0.490 e. The van der Waals surface area contributed by atoms with Crippen LogP contribution in [-0.4, -0.2) is 47.9 Å². The molecule has 0 radical (unpaired) electrons. The molecule has 186 valence electrons. The monoisotopic (exact) mass is 496 g/mol. The van der Waals surface area contributed by atoms with Gasteiger partial charge in [-0.25, -0.2) is 18.4 Å². The second kappa shape index (κ2) is 10.6. The Labute approximate surface area is 206 Å². The van der Waals surface area contributed by atoms with E-state index in [9.17, 15) is 13.2 Å². The minimum absolute atomic E-state index is 0.0149. The van der Waals surface area contributed by atoms with Crippen molar-refractivity contribution in [1.29, 1.82) is 0 Å². The van der Waals surface area contributed by atoms with Crippen LogP contribution in [0.2, 0.25) is 0 Å². The molecule has 4 rings (SSSR count). The molecule has 2 aromatic heterocycles. The molecule has 1 aliphatic rings. The van der Waals surface area contributed by atoms with Crippen molar-refractivity contribution in [3.63, 3.8) is 0 Å². The molecule has 3 aromatic rings. The number of nitrogens with zero attached hydrogens (tertiary/aromatic N) is 4. The molecule has 3 heterocycles. The number of pyridine rings is 1. The number of ether oxygens (including phenoxy) is 1. The number of rotatable bonds is 8. The number of benzene rings is 1. The fourth-order valence-corrected chi connectivity index (χ4v) is 5.25. The minimum atomic E-state index is -3.30. The highest BCUT2D eigenvalue weighted by atomic mass is 32.2. The summed E-state index contributed by atoms with van der Waals surface area (Å²) in [5, 5.41) is 0. The van der Waals surface area contributed by atoms with Gasteiger partial charge in [-0.15, -0.1) is 0 Å². The normalized spacial score (nSPS) is 14.8. The van der Waals surface area contributed by atoms with E-state index in [1.165, 1.54) is 10.6 Å². The van der Waals surface area contributed by atoms with Crippen LogP contribution in [0.25, 0.3) is 5.69 Å². The summed E-state index contributed by atoms with van der Waals surface area (Å²) < 4.78 is 31.9. The lowest BCUT2D eigenvalue weighted by atomic mass is 10.1. The first-order chi connectivity index (χ1) is 16.8. The molecule has 0 amide bonds. The maximum absolute atomic E-state index is 12.8. The second-order valence-corrected chi connectivity index (χ2v) is 11.1. The molecule has 1 aliphatic heterocycles. The Morgan fingerprint density at radius 2 is 1.77 bits per heavy atom. The van der Waals surface area contributed by atoms with E-state index in [2.05, 4.69) is 21.8 Å². The van der Waals surface area contributed by atoms with Gasteiger partial charge < -0.3 is 9.64 Å². The Morgan fingerprint density at radius 1 is 1.06 bits per heavy atom. The molecular weight excluding hydrogens is 464 g/mol. The molecular formula is C26H32N4O4S. The molecule has 8 nitrogen and oxygen atoms in total.